The van der Waals surface area contributed by atoms with E-state index >= 15 is 0 Å². The standard InChI is InChI=1S/C21H26N8/c1-2-22-20(27-11-13-28(14-12-27)21-23-9-6-10-24-21)25-15-18-16-26-29(17-18)19-7-4-3-5-8-19/h3-10,16-17H,2,11-15H2,1H3,(H,22,25). The van der Waals surface area contributed by atoms with Crippen molar-refractivity contribution in [3.63, 3.8) is 0 Å². The first kappa shape index (κ1) is 18.9. The molecule has 0 aliphatic carbocycles. The minimum Gasteiger partial charge on any atom is -0.357 e. The molecule has 1 aliphatic rings. The monoisotopic (exact) mass is 390 g/mol. The Morgan fingerprint density at radius 1 is 1.03 bits per heavy atom. The number of nitrogens with one attached hydrogen (secondary N) is 1. The zero-order chi connectivity index (χ0) is 19.9. The Bertz CT molecular complexity index is 914. The highest BCUT2D eigenvalue weighted by Crippen LogP contribution is 2.11. The minimum absolute atomic E-state index is 0.594. The number of aromatic nitrogens is 4. The van der Waals surface area contributed by atoms with E-state index < -0.39 is 0 Å². The molecule has 4 rings (SSSR count). The van der Waals surface area contributed by atoms with Gasteiger partial charge in [0, 0.05) is 56.9 Å². The number of aliphatic imine (C=N–C) groups is 1. The van der Waals surface area contributed by atoms with Crippen molar-refractivity contribution in [2.45, 2.75) is 13.5 Å². The summed E-state index contributed by atoms with van der Waals surface area (Å²) in [5, 5.41) is 7.87. The maximum absolute atomic E-state index is 4.84. The molecule has 0 amide bonds. The molecule has 1 fully saturated rings. The molecule has 8 heteroatoms. The third-order valence-corrected chi connectivity index (χ3v) is 4.82. The second-order valence-corrected chi connectivity index (χ2v) is 6.82. The number of para-hydroxylation sites is 1. The lowest BCUT2D eigenvalue weighted by Gasteiger charge is -2.36. The number of guanidine groups is 1. The van der Waals surface area contributed by atoms with Crippen molar-refractivity contribution in [2.24, 2.45) is 4.99 Å². The van der Waals surface area contributed by atoms with Gasteiger partial charge >= 0.3 is 0 Å². The normalized spacial score (nSPS) is 14.9. The predicted molar refractivity (Wildman–Crippen MR) is 114 cm³/mol. The zero-order valence-electron chi connectivity index (χ0n) is 16.6. The van der Waals surface area contributed by atoms with Gasteiger partial charge in [-0.1, -0.05) is 18.2 Å². The van der Waals surface area contributed by atoms with Crippen LogP contribution in [0.15, 0.2) is 66.2 Å². The molecule has 0 saturated carbocycles. The van der Waals surface area contributed by atoms with Crippen LogP contribution in [0.2, 0.25) is 0 Å². The number of hydrogen-bond donors (Lipinski definition) is 1. The van der Waals surface area contributed by atoms with E-state index in [-0.39, 0.29) is 0 Å². The maximum atomic E-state index is 4.84. The Labute approximate surface area is 170 Å². The van der Waals surface area contributed by atoms with Gasteiger partial charge in [0.15, 0.2) is 5.96 Å². The minimum atomic E-state index is 0.594. The van der Waals surface area contributed by atoms with Crippen LogP contribution in [0.25, 0.3) is 5.69 Å². The average molecular weight is 390 g/mol. The van der Waals surface area contributed by atoms with E-state index in [9.17, 15) is 0 Å². The zero-order valence-corrected chi connectivity index (χ0v) is 16.6. The van der Waals surface area contributed by atoms with E-state index in [1.807, 2.05) is 53.5 Å². The van der Waals surface area contributed by atoms with Gasteiger partial charge in [-0.25, -0.2) is 19.6 Å². The SMILES string of the molecule is CCNC(=NCc1cnn(-c2ccccc2)c1)N1CCN(c2ncccn2)CC1. The summed E-state index contributed by atoms with van der Waals surface area (Å²) in [4.78, 5) is 18.1. The number of rotatable bonds is 5. The van der Waals surface area contributed by atoms with E-state index in [1.54, 1.807) is 12.4 Å². The van der Waals surface area contributed by atoms with Crippen LogP contribution >= 0.6 is 0 Å². The van der Waals surface area contributed by atoms with Gasteiger partial charge in [0.05, 0.1) is 18.4 Å². The van der Waals surface area contributed by atoms with Crippen LogP contribution in [0.1, 0.15) is 12.5 Å². The fraction of sp³-hybridized carbons (Fsp3) is 0.333. The first-order chi connectivity index (χ1) is 14.3. The number of piperazine rings is 1. The number of hydrogen-bond acceptors (Lipinski definition) is 5. The van der Waals surface area contributed by atoms with Gasteiger partial charge in [-0.15, -0.1) is 0 Å². The molecular weight excluding hydrogens is 364 g/mol. The van der Waals surface area contributed by atoms with Crippen molar-refractivity contribution in [3.05, 3.63) is 66.7 Å². The number of nitrogens with zero attached hydrogens (tertiary/aromatic N) is 7. The van der Waals surface area contributed by atoms with Crippen LogP contribution in [-0.2, 0) is 6.54 Å². The summed E-state index contributed by atoms with van der Waals surface area (Å²) in [7, 11) is 0. The predicted octanol–water partition coefficient (Wildman–Crippen LogP) is 1.95. The molecule has 1 aliphatic heterocycles. The summed E-state index contributed by atoms with van der Waals surface area (Å²) in [6.45, 7) is 7.04. The summed E-state index contributed by atoms with van der Waals surface area (Å²) >= 11 is 0. The van der Waals surface area contributed by atoms with Gasteiger partial charge in [0.1, 0.15) is 0 Å². The highest BCUT2D eigenvalue weighted by Gasteiger charge is 2.21. The quantitative estimate of drug-likeness (QED) is 0.530. The Morgan fingerprint density at radius 3 is 2.52 bits per heavy atom. The molecule has 3 heterocycles. The summed E-state index contributed by atoms with van der Waals surface area (Å²) < 4.78 is 1.89. The van der Waals surface area contributed by atoms with Crippen molar-refractivity contribution in [3.8, 4) is 5.69 Å². The van der Waals surface area contributed by atoms with E-state index in [0.717, 1.165) is 55.9 Å². The summed E-state index contributed by atoms with van der Waals surface area (Å²) in [5.74, 6) is 1.73. The lowest BCUT2D eigenvalue weighted by Crippen LogP contribution is -2.52. The van der Waals surface area contributed by atoms with Crippen molar-refractivity contribution in [1.82, 2.24) is 30.0 Å². The Balaban J connectivity index is 1.39. The fourth-order valence-corrected chi connectivity index (χ4v) is 3.33. The lowest BCUT2D eigenvalue weighted by atomic mass is 10.3. The number of anilines is 1. The first-order valence-electron chi connectivity index (χ1n) is 9.97. The molecule has 29 heavy (non-hydrogen) atoms. The van der Waals surface area contributed by atoms with Crippen LogP contribution in [0.4, 0.5) is 5.95 Å². The fourth-order valence-electron chi connectivity index (χ4n) is 3.33. The van der Waals surface area contributed by atoms with E-state index in [0.29, 0.717) is 6.54 Å². The molecule has 0 bridgehead atoms. The molecule has 3 aromatic rings. The van der Waals surface area contributed by atoms with E-state index in [4.69, 9.17) is 4.99 Å². The van der Waals surface area contributed by atoms with E-state index in [2.05, 4.69) is 37.1 Å². The van der Waals surface area contributed by atoms with Gasteiger partial charge in [-0.3, -0.25) is 0 Å². The lowest BCUT2D eigenvalue weighted by molar-refractivity contribution is 0.370. The van der Waals surface area contributed by atoms with Crippen LogP contribution in [0.3, 0.4) is 0 Å². The molecule has 0 radical (unpaired) electrons. The van der Waals surface area contributed by atoms with Gasteiger partial charge in [-0.05, 0) is 25.1 Å². The van der Waals surface area contributed by atoms with Crippen LogP contribution < -0.4 is 10.2 Å². The Hall–Kier alpha value is -3.42. The second-order valence-electron chi connectivity index (χ2n) is 6.82. The maximum Gasteiger partial charge on any atom is 0.225 e. The van der Waals surface area contributed by atoms with Crippen molar-refractivity contribution in [1.29, 1.82) is 0 Å². The number of benzene rings is 1. The average Bonchev–Trinajstić information content (AvgIpc) is 3.27. The van der Waals surface area contributed by atoms with Gasteiger partial charge in [0.2, 0.25) is 5.95 Å². The van der Waals surface area contributed by atoms with Crippen LogP contribution in [-0.4, -0.2) is 63.3 Å². The molecule has 1 N–H and O–H groups in total. The summed E-state index contributed by atoms with van der Waals surface area (Å²) in [6.07, 6.45) is 7.49. The molecule has 8 nitrogen and oxygen atoms in total. The molecule has 150 valence electrons. The third kappa shape index (κ3) is 4.71. The van der Waals surface area contributed by atoms with Gasteiger partial charge in [-0.2, -0.15) is 5.10 Å². The summed E-state index contributed by atoms with van der Waals surface area (Å²) in [6, 6.07) is 12.0. The van der Waals surface area contributed by atoms with Gasteiger partial charge in [0.25, 0.3) is 0 Å². The van der Waals surface area contributed by atoms with Crippen molar-refractivity contribution in [2.75, 3.05) is 37.6 Å². The largest absolute Gasteiger partial charge is 0.357 e. The van der Waals surface area contributed by atoms with E-state index in [1.165, 1.54) is 0 Å². The Morgan fingerprint density at radius 2 is 1.79 bits per heavy atom. The highest BCUT2D eigenvalue weighted by atomic mass is 15.4. The molecule has 0 spiro atoms. The topological polar surface area (TPSA) is 74.5 Å². The van der Waals surface area contributed by atoms with Crippen LogP contribution in [0, 0.1) is 0 Å². The van der Waals surface area contributed by atoms with Gasteiger partial charge < -0.3 is 15.1 Å². The molecule has 1 saturated heterocycles. The van der Waals surface area contributed by atoms with Crippen molar-refractivity contribution >= 4 is 11.9 Å². The smallest absolute Gasteiger partial charge is 0.225 e. The second kappa shape index (κ2) is 9.18. The molecule has 0 unspecified atom stereocenters. The van der Waals surface area contributed by atoms with Crippen LogP contribution in [0.5, 0.6) is 0 Å². The Kier molecular flexibility index (Phi) is 5.99. The highest BCUT2D eigenvalue weighted by molar-refractivity contribution is 5.80. The molecule has 1 aromatic carbocycles. The van der Waals surface area contributed by atoms with Crippen molar-refractivity contribution < 1.29 is 0 Å². The summed E-state index contributed by atoms with van der Waals surface area (Å²) in [5.41, 5.74) is 2.13. The molecular formula is C21H26N8. The molecule has 2 aromatic heterocycles. The third-order valence-electron chi connectivity index (χ3n) is 4.82. The molecule has 0 atom stereocenters. The first-order valence-corrected chi connectivity index (χ1v) is 9.97.